The van der Waals surface area contributed by atoms with E-state index in [4.69, 9.17) is 10.2 Å². The smallest absolute Gasteiger partial charge is 0.249 e. The number of rotatable bonds is 16. The van der Waals surface area contributed by atoms with Crippen LogP contribution in [0.1, 0.15) is 62.7 Å². The molecule has 46 heavy (non-hydrogen) atoms. The Morgan fingerprint density at radius 3 is 2.39 bits per heavy atom. The third-order valence-electron chi connectivity index (χ3n) is 8.34. The number of aryl methyl sites for hydroxylation is 1. The molecule has 0 spiro atoms. The molecule has 9 nitrogen and oxygen atoms in total. The van der Waals surface area contributed by atoms with Crippen LogP contribution in [0.4, 0.5) is 8.78 Å². The molecule has 1 aliphatic carbocycles. The van der Waals surface area contributed by atoms with E-state index >= 15 is 0 Å². The van der Waals surface area contributed by atoms with Gasteiger partial charge in [0.1, 0.15) is 17.9 Å². The normalized spacial score (nSPS) is 17.6. The lowest BCUT2D eigenvalue weighted by Gasteiger charge is -2.42. The van der Waals surface area contributed by atoms with Crippen LogP contribution in [0, 0.1) is 23.0 Å². The number of aliphatic hydroxyl groups excluding tert-OH is 1. The zero-order chi connectivity index (χ0) is 33.3. The van der Waals surface area contributed by atoms with Gasteiger partial charge in [-0.2, -0.15) is 0 Å². The SMILES string of the molecule is CCCN(CCC)C(=O)C1=CC(c2ncco2)=CC(C(N)=O)([C@H](Cc2cc(F)cc(F)c2)[C@@H](O)CNCc2ccnc(CC)c2)C1. The number of carbonyl (C=O) groups is 2. The summed E-state index contributed by atoms with van der Waals surface area (Å²) in [5, 5.41) is 15.1. The van der Waals surface area contributed by atoms with E-state index in [2.05, 4.69) is 15.3 Å². The summed E-state index contributed by atoms with van der Waals surface area (Å²) in [4.78, 5) is 38.0. The first kappa shape index (κ1) is 34.6. The second-order valence-corrected chi connectivity index (χ2v) is 11.8. The van der Waals surface area contributed by atoms with Crippen molar-refractivity contribution in [2.75, 3.05) is 19.6 Å². The minimum atomic E-state index is -1.65. The van der Waals surface area contributed by atoms with Gasteiger partial charge in [0.2, 0.25) is 17.7 Å². The monoisotopic (exact) mass is 635 g/mol. The first-order valence-electron chi connectivity index (χ1n) is 15.8. The van der Waals surface area contributed by atoms with Crippen LogP contribution in [0.15, 0.2) is 71.1 Å². The van der Waals surface area contributed by atoms with Gasteiger partial charge in [0.25, 0.3) is 0 Å². The Balaban J connectivity index is 1.77. The Hall–Kier alpha value is -4.22. The second-order valence-electron chi connectivity index (χ2n) is 11.8. The van der Waals surface area contributed by atoms with Crippen LogP contribution in [-0.2, 0) is 29.0 Å². The molecule has 0 bridgehead atoms. The minimum absolute atomic E-state index is 0.0221. The highest BCUT2D eigenvalue weighted by Crippen LogP contribution is 2.46. The van der Waals surface area contributed by atoms with Gasteiger partial charge < -0.3 is 25.5 Å². The van der Waals surface area contributed by atoms with Gasteiger partial charge in [-0.15, -0.1) is 0 Å². The Labute approximate surface area is 268 Å². The molecule has 4 rings (SSSR count). The molecule has 3 atom stereocenters. The van der Waals surface area contributed by atoms with E-state index in [0.29, 0.717) is 30.8 Å². The Morgan fingerprint density at radius 2 is 1.78 bits per heavy atom. The molecule has 0 radical (unpaired) electrons. The van der Waals surface area contributed by atoms with Gasteiger partial charge in [0.15, 0.2) is 0 Å². The van der Waals surface area contributed by atoms with E-state index in [0.717, 1.165) is 36.6 Å². The van der Waals surface area contributed by atoms with Crippen LogP contribution < -0.4 is 11.1 Å². The Bertz CT molecular complexity index is 1530. The minimum Gasteiger partial charge on any atom is -0.445 e. The standard InChI is InChI=1S/C35H43F2N5O4/c1-4-10-42(11-5-2)33(44)26-17-25(32-41-9-12-46-32)19-35(20-26,34(38)45)30(16-24-13-27(36)18-28(37)14-24)31(43)22-39-21-23-7-8-40-29(6-3)15-23/h7-9,12-15,17-19,30-31,39,43H,4-6,10-11,16,20-22H2,1-3H3,(H2,38,45)/t30-,31+,35?/m1/s1. The number of allylic oxidation sites excluding steroid dienone is 2. The highest BCUT2D eigenvalue weighted by Gasteiger charge is 2.49. The fraction of sp³-hybridized carbons (Fsp3) is 0.429. The number of nitrogens with two attached hydrogens (primary N) is 1. The summed E-state index contributed by atoms with van der Waals surface area (Å²) in [5.41, 5.74) is 7.32. The van der Waals surface area contributed by atoms with Crippen LogP contribution in [0.3, 0.4) is 0 Å². The Morgan fingerprint density at radius 1 is 1.07 bits per heavy atom. The van der Waals surface area contributed by atoms with Gasteiger partial charge in [-0.1, -0.05) is 26.8 Å². The van der Waals surface area contributed by atoms with Crippen LogP contribution in [0.5, 0.6) is 0 Å². The van der Waals surface area contributed by atoms with Gasteiger partial charge in [-0.05, 0) is 73.6 Å². The summed E-state index contributed by atoms with van der Waals surface area (Å²) >= 11 is 0. The summed E-state index contributed by atoms with van der Waals surface area (Å²) in [7, 11) is 0. The number of nitrogens with one attached hydrogen (secondary N) is 1. The molecule has 1 unspecified atom stereocenters. The molecule has 246 valence electrons. The summed E-state index contributed by atoms with van der Waals surface area (Å²) in [6.45, 7) is 7.41. The lowest BCUT2D eigenvalue weighted by molar-refractivity contribution is -0.132. The van der Waals surface area contributed by atoms with Crippen molar-refractivity contribution < 1.29 is 27.9 Å². The van der Waals surface area contributed by atoms with Gasteiger partial charge >= 0.3 is 0 Å². The number of hydrogen-bond acceptors (Lipinski definition) is 7. The maximum absolute atomic E-state index is 14.4. The van der Waals surface area contributed by atoms with Gasteiger partial charge in [-0.3, -0.25) is 14.6 Å². The van der Waals surface area contributed by atoms with E-state index in [-0.39, 0.29) is 36.7 Å². The van der Waals surface area contributed by atoms with Gasteiger partial charge in [0, 0.05) is 61.2 Å². The molecule has 2 amide bonds. The summed E-state index contributed by atoms with van der Waals surface area (Å²) < 4.78 is 34.3. The largest absolute Gasteiger partial charge is 0.445 e. The number of hydrogen-bond donors (Lipinski definition) is 3. The predicted molar refractivity (Wildman–Crippen MR) is 171 cm³/mol. The molecule has 2 heterocycles. The predicted octanol–water partition coefficient (Wildman–Crippen LogP) is 4.75. The number of aromatic nitrogens is 2. The Kier molecular flexibility index (Phi) is 11.9. The third kappa shape index (κ3) is 8.32. The summed E-state index contributed by atoms with van der Waals surface area (Å²) in [5.74, 6) is -3.47. The van der Waals surface area contributed by atoms with Crippen molar-refractivity contribution in [3.8, 4) is 0 Å². The van der Waals surface area contributed by atoms with Crippen LogP contribution in [0.2, 0.25) is 0 Å². The van der Waals surface area contributed by atoms with E-state index < -0.39 is 35.0 Å². The molecule has 1 aromatic carbocycles. The number of oxazole rings is 1. The quantitative estimate of drug-likeness (QED) is 0.207. The van der Waals surface area contributed by atoms with Crippen molar-refractivity contribution in [1.82, 2.24) is 20.2 Å². The maximum Gasteiger partial charge on any atom is 0.249 e. The molecule has 2 aromatic heterocycles. The van der Waals surface area contributed by atoms with Gasteiger partial charge in [0.05, 0.1) is 17.7 Å². The number of aliphatic hydroxyl groups is 1. The van der Waals surface area contributed by atoms with Crippen molar-refractivity contribution in [3.63, 3.8) is 0 Å². The van der Waals surface area contributed by atoms with E-state index in [1.54, 1.807) is 23.2 Å². The average molecular weight is 636 g/mol. The van der Waals surface area contributed by atoms with Gasteiger partial charge in [-0.25, -0.2) is 13.8 Å². The van der Waals surface area contributed by atoms with Crippen molar-refractivity contribution >= 4 is 17.4 Å². The zero-order valence-corrected chi connectivity index (χ0v) is 26.6. The first-order valence-corrected chi connectivity index (χ1v) is 15.8. The molecule has 0 saturated heterocycles. The highest BCUT2D eigenvalue weighted by molar-refractivity contribution is 6.00. The molecule has 11 heteroatoms. The van der Waals surface area contributed by atoms with Crippen molar-refractivity contribution in [2.45, 2.75) is 65.5 Å². The van der Waals surface area contributed by atoms with Crippen molar-refractivity contribution in [3.05, 3.63) is 101 Å². The average Bonchev–Trinajstić information content (AvgIpc) is 3.58. The molecule has 4 N–H and O–H groups in total. The molecule has 0 saturated carbocycles. The zero-order valence-electron chi connectivity index (χ0n) is 26.6. The maximum atomic E-state index is 14.4. The molecule has 1 aliphatic rings. The summed E-state index contributed by atoms with van der Waals surface area (Å²) in [6, 6.07) is 6.93. The number of primary amides is 1. The number of pyridine rings is 1. The molecule has 0 aliphatic heterocycles. The lowest BCUT2D eigenvalue weighted by atomic mass is 9.63. The number of carbonyl (C=O) groups excluding carboxylic acids is 2. The third-order valence-corrected chi connectivity index (χ3v) is 8.34. The number of nitrogens with zero attached hydrogens (tertiary/aromatic N) is 3. The fourth-order valence-corrected chi connectivity index (χ4v) is 6.17. The first-order chi connectivity index (χ1) is 22.1. The number of benzene rings is 1. The van der Waals surface area contributed by atoms with Crippen molar-refractivity contribution in [2.24, 2.45) is 17.1 Å². The van der Waals surface area contributed by atoms with Crippen LogP contribution >= 0.6 is 0 Å². The van der Waals surface area contributed by atoms with E-state index in [1.807, 2.05) is 32.9 Å². The summed E-state index contributed by atoms with van der Waals surface area (Å²) in [6.07, 6.45) is 8.54. The van der Waals surface area contributed by atoms with Crippen molar-refractivity contribution in [1.29, 1.82) is 0 Å². The molecule has 3 aromatic rings. The van der Waals surface area contributed by atoms with Crippen LogP contribution in [0.25, 0.3) is 5.57 Å². The molecular formula is C35H43F2N5O4. The molecule has 0 fully saturated rings. The lowest BCUT2D eigenvalue weighted by Crippen LogP contribution is -2.51. The number of halogens is 2. The fourth-order valence-electron chi connectivity index (χ4n) is 6.17. The number of amides is 2. The molecular weight excluding hydrogens is 592 g/mol. The van der Waals surface area contributed by atoms with E-state index in [9.17, 15) is 23.5 Å². The second kappa shape index (κ2) is 15.9. The topological polar surface area (TPSA) is 135 Å². The van der Waals surface area contributed by atoms with E-state index in [1.165, 1.54) is 24.6 Å². The highest BCUT2D eigenvalue weighted by atomic mass is 19.1. The van der Waals surface area contributed by atoms with Crippen LogP contribution in [-0.4, -0.2) is 57.5 Å².